The molecule has 4 fully saturated rings. The van der Waals surface area contributed by atoms with E-state index in [9.17, 15) is 31.2 Å². The Kier molecular flexibility index (Phi) is 11.8. The number of fused-ring (bicyclic) bond motifs is 2. The van der Waals surface area contributed by atoms with Gasteiger partial charge in [-0.25, -0.2) is 21.6 Å². The van der Waals surface area contributed by atoms with Gasteiger partial charge in [0.1, 0.15) is 16.7 Å². The van der Waals surface area contributed by atoms with Gasteiger partial charge in [0.05, 0.1) is 9.49 Å². The number of ether oxygens (including phenoxy) is 1. The van der Waals surface area contributed by atoms with Crippen molar-refractivity contribution < 1.29 is 36.0 Å². The highest BCUT2D eigenvalue weighted by Gasteiger charge is 2.63. The van der Waals surface area contributed by atoms with E-state index >= 15 is 0 Å². The fraction of sp³-hybridized carbons (Fsp3) is 0.811. The van der Waals surface area contributed by atoms with Crippen molar-refractivity contribution in [2.24, 2.45) is 17.6 Å². The van der Waals surface area contributed by atoms with Gasteiger partial charge >= 0.3 is 6.09 Å². The molecule has 0 aromatic heterocycles. The Hall–Kier alpha value is -2.45. The first-order valence-corrected chi connectivity index (χ1v) is 22.1. The molecule has 14 heteroatoms. The molecule has 51 heavy (non-hydrogen) atoms. The van der Waals surface area contributed by atoms with Gasteiger partial charge < -0.3 is 15.8 Å². The summed E-state index contributed by atoms with van der Waals surface area (Å²) in [7, 11) is -7.39. The lowest BCUT2D eigenvalue weighted by atomic mass is 10.1. The highest BCUT2D eigenvalue weighted by atomic mass is 32.2. The third-order valence-corrected chi connectivity index (χ3v) is 16.0. The number of carbonyl (C=O) groups is 3. The molecule has 0 bridgehead atoms. The van der Waals surface area contributed by atoms with Crippen molar-refractivity contribution in [2.75, 3.05) is 0 Å². The number of nitrogens with one attached hydrogen (secondary N) is 3. The van der Waals surface area contributed by atoms with Gasteiger partial charge in [0.15, 0.2) is 0 Å². The third-order valence-electron chi connectivity index (χ3n) is 11.6. The van der Waals surface area contributed by atoms with E-state index in [1.54, 1.807) is 20.8 Å². The third kappa shape index (κ3) is 9.57. The van der Waals surface area contributed by atoms with E-state index in [-0.39, 0.29) is 11.8 Å². The molecule has 0 aromatic carbocycles. The van der Waals surface area contributed by atoms with Crippen LogP contribution < -0.4 is 20.5 Å². The van der Waals surface area contributed by atoms with Gasteiger partial charge in [-0.1, -0.05) is 75.7 Å². The molecule has 0 aromatic rings. The minimum Gasteiger partial charge on any atom is -0.444 e. The molecule has 4 aliphatic carbocycles. The summed E-state index contributed by atoms with van der Waals surface area (Å²) in [4.78, 5) is 37.7. The molecule has 6 aliphatic rings. The number of rotatable bonds is 1. The van der Waals surface area contributed by atoms with Gasteiger partial charge in [-0.15, -0.1) is 0 Å². The zero-order chi connectivity index (χ0) is 37.2. The second-order valence-electron chi connectivity index (χ2n) is 17.0. The van der Waals surface area contributed by atoms with Gasteiger partial charge in [0.2, 0.25) is 20.0 Å². The number of allylic oxidation sites excluding steroid dienone is 2. The number of carbonyl (C=O) groups excluding carboxylic acids is 3. The number of alkyl carbamates (subject to hydrolysis) is 1. The van der Waals surface area contributed by atoms with Crippen LogP contribution >= 0.6 is 0 Å². The van der Waals surface area contributed by atoms with E-state index < -0.39 is 64.1 Å². The summed E-state index contributed by atoms with van der Waals surface area (Å²) in [6.45, 7) is 5.23. The van der Waals surface area contributed by atoms with Crippen molar-refractivity contribution in [2.45, 2.75) is 175 Å². The van der Waals surface area contributed by atoms with Crippen LogP contribution in [0.1, 0.15) is 149 Å². The molecule has 6 rings (SSSR count). The molecule has 4 atom stereocenters. The van der Waals surface area contributed by atoms with Crippen LogP contribution in [-0.2, 0) is 34.4 Å². The molecule has 0 saturated heterocycles. The van der Waals surface area contributed by atoms with Crippen LogP contribution in [0.2, 0.25) is 0 Å². The Labute approximate surface area is 305 Å². The van der Waals surface area contributed by atoms with Gasteiger partial charge in [-0.2, -0.15) is 0 Å². The molecule has 3 amide bonds. The Morgan fingerprint density at radius 3 is 1.65 bits per heavy atom. The predicted molar refractivity (Wildman–Crippen MR) is 196 cm³/mol. The van der Waals surface area contributed by atoms with Crippen molar-refractivity contribution in [1.29, 1.82) is 0 Å². The Bertz CT molecular complexity index is 1590. The summed E-state index contributed by atoms with van der Waals surface area (Å²) in [5, 5.41) is 2.66. The van der Waals surface area contributed by atoms with Crippen molar-refractivity contribution >= 4 is 38.0 Å². The smallest absolute Gasteiger partial charge is 0.408 e. The lowest BCUT2D eigenvalue weighted by Gasteiger charge is -2.24. The lowest BCUT2D eigenvalue weighted by Crippen LogP contribution is -2.54. The minimum absolute atomic E-state index is 0.0250. The number of hydrogen-bond donors (Lipinski definition) is 4. The molecular weight excluding hydrogens is 693 g/mol. The fourth-order valence-electron chi connectivity index (χ4n) is 7.51. The first-order chi connectivity index (χ1) is 23.9. The van der Waals surface area contributed by atoms with E-state index in [4.69, 9.17) is 10.5 Å². The quantitative estimate of drug-likeness (QED) is 0.250. The minimum atomic E-state index is -3.79. The first-order valence-electron chi connectivity index (χ1n) is 19.2. The fourth-order valence-corrected chi connectivity index (χ4v) is 10.9. The van der Waals surface area contributed by atoms with Crippen LogP contribution in [0.4, 0.5) is 4.79 Å². The van der Waals surface area contributed by atoms with Crippen LogP contribution in [0, 0.1) is 11.8 Å². The number of sulfonamides is 2. The Balaban J connectivity index is 0.000000205. The molecule has 2 heterocycles. The van der Waals surface area contributed by atoms with E-state index in [2.05, 4.69) is 20.8 Å². The Morgan fingerprint density at radius 2 is 1.16 bits per heavy atom. The summed E-state index contributed by atoms with van der Waals surface area (Å²) in [5.74, 6) is -1.43. The molecule has 12 nitrogen and oxygen atoms in total. The molecule has 5 N–H and O–H groups in total. The molecule has 0 unspecified atom stereocenters. The summed E-state index contributed by atoms with van der Waals surface area (Å²) in [6, 6.07) is 0. The maximum atomic E-state index is 13.1. The van der Waals surface area contributed by atoms with E-state index in [0.29, 0.717) is 51.4 Å². The van der Waals surface area contributed by atoms with Crippen LogP contribution in [0.3, 0.4) is 0 Å². The van der Waals surface area contributed by atoms with Gasteiger partial charge in [0, 0.05) is 11.8 Å². The van der Waals surface area contributed by atoms with Gasteiger partial charge in [-0.3, -0.25) is 19.0 Å². The van der Waals surface area contributed by atoms with E-state index in [1.165, 1.54) is 6.42 Å². The monoisotopic (exact) mass is 752 g/mol. The topological polar surface area (TPSA) is 191 Å². The lowest BCUT2D eigenvalue weighted by molar-refractivity contribution is -0.123. The number of amides is 3. The summed E-state index contributed by atoms with van der Waals surface area (Å²) < 4.78 is 59.4. The number of nitrogens with two attached hydrogens (primary N) is 1. The van der Waals surface area contributed by atoms with Gasteiger partial charge in [-0.05, 0) is 97.8 Å². The van der Waals surface area contributed by atoms with Crippen molar-refractivity contribution in [1.82, 2.24) is 14.8 Å². The second-order valence-corrected chi connectivity index (χ2v) is 21.1. The molecule has 0 radical (unpaired) electrons. The molecule has 2 aliphatic heterocycles. The van der Waals surface area contributed by atoms with Crippen molar-refractivity contribution in [3.05, 3.63) is 24.3 Å². The van der Waals surface area contributed by atoms with E-state index in [0.717, 1.165) is 70.6 Å². The van der Waals surface area contributed by atoms with Crippen molar-refractivity contribution in [3.8, 4) is 0 Å². The maximum absolute atomic E-state index is 13.1. The average Bonchev–Trinajstić information content (AvgIpc) is 3.85. The molecule has 4 saturated carbocycles. The zero-order valence-electron chi connectivity index (χ0n) is 30.8. The van der Waals surface area contributed by atoms with Crippen molar-refractivity contribution in [3.63, 3.8) is 0 Å². The highest BCUT2D eigenvalue weighted by molar-refractivity contribution is 7.92. The second kappa shape index (κ2) is 15.1. The predicted octanol–water partition coefficient (Wildman–Crippen LogP) is 5.53. The summed E-state index contributed by atoms with van der Waals surface area (Å²) in [6.07, 6.45) is 24.6. The first kappa shape index (κ1) is 39.8. The normalized spacial score (nSPS) is 35.4. The van der Waals surface area contributed by atoms with Crippen LogP contribution in [-0.4, -0.2) is 60.9 Å². The van der Waals surface area contributed by atoms with Gasteiger partial charge in [0.25, 0.3) is 11.8 Å². The maximum Gasteiger partial charge on any atom is 0.408 e. The van der Waals surface area contributed by atoms with E-state index in [1.807, 2.05) is 18.2 Å². The standard InChI is InChI=1S/C21H34N2O5S.C16H26N2O3S/c1-19(2,3)28-18(25)22-21-15-16(21)11-9-7-5-4-6-8-10-12-20(13-14-20)29(26,27)23-17(21)24;17-16-12-13(16)8-6-4-2-1-3-5-7-9-15(10-11-15)22(20,21)18-14(16)19/h9,11,16H,4-8,10,12-15H2,1-3H3,(H,22,25)(H,23,24);6,8,13H,1-5,7,9-12,17H2,(H,18,19)/b11-9+;8-6+/t16-,21-;13-,16-/m11/s1. The molecule has 288 valence electrons. The average molecular weight is 753 g/mol. The largest absolute Gasteiger partial charge is 0.444 e. The van der Waals surface area contributed by atoms with Crippen LogP contribution in [0.25, 0.3) is 0 Å². The summed E-state index contributed by atoms with van der Waals surface area (Å²) in [5.41, 5.74) is 3.08. The van der Waals surface area contributed by atoms with Crippen LogP contribution in [0.5, 0.6) is 0 Å². The highest BCUT2D eigenvalue weighted by Crippen LogP contribution is 2.50. The van der Waals surface area contributed by atoms with Crippen LogP contribution in [0.15, 0.2) is 24.3 Å². The number of hydrogen-bond acceptors (Lipinski definition) is 9. The SMILES string of the molecule is CC(C)(C)OC(=O)N[C@]12C[C@H]1/C=C/CCCCCCCC1(CC1)S(=O)(=O)NC2=O.N[C@]12C[C@H]1/C=C/CCCCCCCC1(CC1)S(=O)(=O)NC2=O. The molecule has 2 spiro atoms. The molecular formula is C37H60N4O8S2. The zero-order valence-corrected chi connectivity index (χ0v) is 32.4. The summed E-state index contributed by atoms with van der Waals surface area (Å²) >= 11 is 0. The Morgan fingerprint density at radius 1 is 0.706 bits per heavy atom.